The zero-order chi connectivity index (χ0) is 18.7. The van der Waals surface area contributed by atoms with Gasteiger partial charge < -0.3 is 11.2 Å². The molecule has 1 aromatic heterocycles. The smallest absolute Gasteiger partial charge is 0.315 e. The van der Waals surface area contributed by atoms with E-state index in [1.165, 1.54) is 11.8 Å². The number of nitrogen functional groups attached to an aromatic ring is 1. The quantitative estimate of drug-likeness (QED) is 0.464. The molecule has 3 rings (SSSR count). The van der Waals surface area contributed by atoms with Crippen LogP contribution in [0.5, 0.6) is 0 Å². The lowest BCUT2D eigenvalue weighted by molar-refractivity contribution is 0.705. The first-order chi connectivity index (χ1) is 12.5. The fourth-order valence-electron chi connectivity index (χ4n) is 2.03. The summed E-state index contributed by atoms with van der Waals surface area (Å²) >= 11 is 19.3. The summed E-state index contributed by atoms with van der Waals surface area (Å²) in [7, 11) is 0. The molecule has 0 amide bonds. The Labute approximate surface area is 168 Å². The second kappa shape index (κ2) is 8.18. The Bertz CT molecular complexity index is 974. The third-order valence-corrected chi connectivity index (χ3v) is 5.25. The maximum absolute atomic E-state index is 12.4. The molecule has 0 fully saturated rings. The zero-order valence-electron chi connectivity index (χ0n) is 13.1. The van der Waals surface area contributed by atoms with Crippen molar-refractivity contribution in [3.05, 3.63) is 73.4 Å². The number of halogens is 3. The number of nitrogens with one attached hydrogen (secondary N) is 1. The molecule has 10 heteroatoms. The van der Waals surface area contributed by atoms with Crippen molar-refractivity contribution in [2.24, 2.45) is 0 Å². The van der Waals surface area contributed by atoms with Crippen LogP contribution in [0.4, 0.5) is 11.5 Å². The molecule has 1 heterocycles. The molecule has 2 aromatic carbocycles. The Hall–Kier alpha value is -1.93. The highest BCUT2D eigenvalue weighted by atomic mass is 35.5. The van der Waals surface area contributed by atoms with Gasteiger partial charge >= 0.3 is 5.56 Å². The van der Waals surface area contributed by atoms with Crippen LogP contribution in [0.15, 0.2) is 52.4 Å². The molecular formula is C16H12Cl3N5OS. The molecule has 0 saturated carbocycles. The number of benzene rings is 2. The van der Waals surface area contributed by atoms with E-state index < -0.39 is 5.56 Å². The Kier molecular flexibility index (Phi) is 5.93. The molecule has 6 nitrogen and oxygen atoms in total. The van der Waals surface area contributed by atoms with Crippen molar-refractivity contribution in [3.8, 4) is 0 Å². The molecule has 0 spiro atoms. The van der Waals surface area contributed by atoms with Gasteiger partial charge in [0, 0.05) is 10.8 Å². The Morgan fingerprint density at radius 2 is 1.69 bits per heavy atom. The SMILES string of the molecule is Nn1c(SCc2ccc(Cl)cc2)nnc(Nc2c(Cl)cccc2Cl)c1=O. The van der Waals surface area contributed by atoms with Crippen molar-refractivity contribution in [1.29, 1.82) is 0 Å². The van der Waals surface area contributed by atoms with Gasteiger partial charge in [-0.2, -0.15) is 4.68 Å². The van der Waals surface area contributed by atoms with Gasteiger partial charge in [0.15, 0.2) is 0 Å². The first-order valence-corrected chi connectivity index (χ1v) is 9.40. The Morgan fingerprint density at radius 1 is 1.04 bits per heavy atom. The van der Waals surface area contributed by atoms with Crippen LogP contribution in [-0.2, 0) is 5.75 Å². The summed E-state index contributed by atoms with van der Waals surface area (Å²) in [5.74, 6) is 6.35. The van der Waals surface area contributed by atoms with E-state index in [2.05, 4.69) is 15.5 Å². The maximum atomic E-state index is 12.4. The van der Waals surface area contributed by atoms with E-state index >= 15 is 0 Å². The van der Waals surface area contributed by atoms with Crippen molar-refractivity contribution in [3.63, 3.8) is 0 Å². The van der Waals surface area contributed by atoms with Crippen molar-refractivity contribution in [2.75, 3.05) is 11.2 Å². The Morgan fingerprint density at radius 3 is 2.35 bits per heavy atom. The highest BCUT2D eigenvalue weighted by molar-refractivity contribution is 7.98. The van der Waals surface area contributed by atoms with Crippen LogP contribution in [0, 0.1) is 0 Å². The molecule has 3 aromatic rings. The van der Waals surface area contributed by atoms with E-state index in [1.54, 1.807) is 30.3 Å². The highest BCUT2D eigenvalue weighted by Gasteiger charge is 2.14. The fourth-order valence-corrected chi connectivity index (χ4v) is 3.45. The highest BCUT2D eigenvalue weighted by Crippen LogP contribution is 2.31. The van der Waals surface area contributed by atoms with Gasteiger partial charge in [-0.15, -0.1) is 10.2 Å². The number of nitrogens with zero attached hydrogens (tertiary/aromatic N) is 3. The number of anilines is 2. The number of nitrogens with two attached hydrogens (primary N) is 1. The lowest BCUT2D eigenvalue weighted by Crippen LogP contribution is -2.32. The predicted molar refractivity (Wildman–Crippen MR) is 107 cm³/mol. The molecule has 0 aliphatic rings. The second-order valence-corrected chi connectivity index (χ2v) is 7.34. The van der Waals surface area contributed by atoms with Gasteiger partial charge in [-0.3, -0.25) is 4.79 Å². The number of hydrogen-bond donors (Lipinski definition) is 2. The van der Waals surface area contributed by atoms with E-state index in [1.807, 2.05) is 12.1 Å². The molecule has 0 aliphatic carbocycles. The third-order valence-electron chi connectivity index (χ3n) is 3.35. The van der Waals surface area contributed by atoms with Gasteiger partial charge in [0.2, 0.25) is 11.0 Å². The normalized spacial score (nSPS) is 10.7. The first-order valence-electron chi connectivity index (χ1n) is 7.29. The molecule has 3 N–H and O–H groups in total. The van der Waals surface area contributed by atoms with Gasteiger partial charge in [0.25, 0.3) is 0 Å². The first kappa shape index (κ1) is 18.8. The van der Waals surface area contributed by atoms with Crippen molar-refractivity contribution in [2.45, 2.75) is 10.9 Å². The molecule has 0 aliphatic heterocycles. The number of hydrogen-bond acceptors (Lipinski definition) is 6. The zero-order valence-corrected chi connectivity index (χ0v) is 16.2. The topological polar surface area (TPSA) is 85.8 Å². The molecule has 0 bridgehead atoms. The van der Waals surface area contributed by atoms with Crippen LogP contribution in [0.3, 0.4) is 0 Å². The molecular weight excluding hydrogens is 417 g/mol. The fraction of sp³-hybridized carbons (Fsp3) is 0.0625. The van der Waals surface area contributed by atoms with Crippen LogP contribution in [0.2, 0.25) is 15.1 Å². The van der Waals surface area contributed by atoms with Crippen LogP contribution in [0.25, 0.3) is 0 Å². The van der Waals surface area contributed by atoms with E-state index in [9.17, 15) is 4.79 Å². The van der Waals surface area contributed by atoms with Gasteiger partial charge in [0.1, 0.15) is 0 Å². The monoisotopic (exact) mass is 427 g/mol. The lowest BCUT2D eigenvalue weighted by atomic mass is 10.2. The largest absolute Gasteiger partial charge is 0.334 e. The van der Waals surface area contributed by atoms with Crippen molar-refractivity contribution < 1.29 is 0 Å². The van der Waals surface area contributed by atoms with Crippen LogP contribution in [0.1, 0.15) is 5.56 Å². The summed E-state index contributed by atoms with van der Waals surface area (Å²) in [6, 6.07) is 12.3. The minimum absolute atomic E-state index is 0.0710. The maximum Gasteiger partial charge on any atom is 0.315 e. The van der Waals surface area contributed by atoms with Crippen LogP contribution in [-0.4, -0.2) is 14.9 Å². The lowest BCUT2D eigenvalue weighted by Gasteiger charge is -2.11. The average Bonchev–Trinajstić information content (AvgIpc) is 2.62. The molecule has 0 radical (unpaired) electrons. The van der Waals surface area contributed by atoms with Crippen molar-refractivity contribution in [1.82, 2.24) is 14.9 Å². The number of thioether (sulfide) groups is 1. The number of para-hydroxylation sites is 1. The summed E-state index contributed by atoms with van der Waals surface area (Å²) in [5.41, 5.74) is 0.831. The van der Waals surface area contributed by atoms with Gasteiger partial charge in [-0.05, 0) is 29.8 Å². The predicted octanol–water partition coefficient (Wildman–Crippen LogP) is 4.35. The minimum atomic E-state index is -0.547. The molecule has 0 saturated heterocycles. The molecule has 0 unspecified atom stereocenters. The summed E-state index contributed by atoms with van der Waals surface area (Å²) in [4.78, 5) is 12.4. The van der Waals surface area contributed by atoms with Gasteiger partial charge in [-0.1, -0.05) is 64.8 Å². The molecule has 0 atom stereocenters. The summed E-state index contributed by atoms with van der Waals surface area (Å²) in [6.07, 6.45) is 0. The van der Waals surface area contributed by atoms with E-state index in [0.29, 0.717) is 26.5 Å². The second-order valence-electron chi connectivity index (χ2n) is 5.14. The van der Waals surface area contributed by atoms with Crippen LogP contribution < -0.4 is 16.7 Å². The number of aromatic nitrogens is 3. The minimum Gasteiger partial charge on any atom is -0.334 e. The van der Waals surface area contributed by atoms with E-state index in [0.717, 1.165) is 10.2 Å². The van der Waals surface area contributed by atoms with Crippen LogP contribution >= 0.6 is 46.6 Å². The number of rotatable bonds is 5. The van der Waals surface area contributed by atoms with Gasteiger partial charge in [0.05, 0.1) is 15.7 Å². The van der Waals surface area contributed by atoms with Crippen molar-refractivity contribution >= 4 is 58.1 Å². The molecule has 134 valence electrons. The third kappa shape index (κ3) is 4.24. The van der Waals surface area contributed by atoms with E-state index in [4.69, 9.17) is 40.6 Å². The van der Waals surface area contributed by atoms with Gasteiger partial charge in [-0.25, -0.2) is 0 Å². The molecule has 26 heavy (non-hydrogen) atoms. The standard InChI is InChI=1S/C16H12Cl3N5OS/c17-10-6-4-9(5-7-10)8-26-16-23-22-14(15(25)24(16)20)21-13-11(18)2-1-3-12(13)19/h1-7H,8,20H2,(H,21,22). The Balaban J connectivity index is 1.80. The summed E-state index contributed by atoms with van der Waals surface area (Å²) in [6.45, 7) is 0. The van der Waals surface area contributed by atoms with E-state index in [-0.39, 0.29) is 11.0 Å². The summed E-state index contributed by atoms with van der Waals surface area (Å²) < 4.78 is 0.931. The summed E-state index contributed by atoms with van der Waals surface area (Å²) in [5, 5.41) is 12.3. The average molecular weight is 429 g/mol.